The van der Waals surface area contributed by atoms with Crippen LogP contribution in [0, 0.1) is 0 Å². The van der Waals surface area contributed by atoms with E-state index in [-0.39, 0.29) is 15.8 Å². The molecule has 0 saturated heterocycles. The molecule has 40 heavy (non-hydrogen) atoms. The lowest BCUT2D eigenvalue weighted by Crippen LogP contribution is -2.39. The van der Waals surface area contributed by atoms with E-state index in [4.69, 9.17) is 0 Å². The predicted octanol–water partition coefficient (Wildman–Crippen LogP) is 10.5. The van der Waals surface area contributed by atoms with Crippen molar-refractivity contribution in [2.24, 2.45) is 0 Å². The molecule has 0 amide bonds. The fourth-order valence-electron chi connectivity index (χ4n) is 8.73. The smallest absolute Gasteiger partial charge is 0.193 e. The van der Waals surface area contributed by atoms with Crippen LogP contribution in [-0.2, 0) is 0 Å². The maximum Gasteiger partial charge on any atom is 0.193 e. The van der Waals surface area contributed by atoms with Crippen molar-refractivity contribution in [1.82, 2.24) is 0 Å². The van der Waals surface area contributed by atoms with Crippen LogP contribution in [0.4, 0.5) is 0 Å². The average molecular weight is 575 g/mol. The molecule has 3 heteroatoms. The molecule has 0 aromatic heterocycles. The number of carbonyl (C=O) groups excluding carboxylic acids is 1. The lowest BCUT2D eigenvalue weighted by Gasteiger charge is -2.44. The first kappa shape index (κ1) is 29.1. The zero-order chi connectivity index (χ0) is 27.1. The Hall–Kier alpha value is -1.03. The second-order valence-corrected chi connectivity index (χ2v) is 18.8. The molecule has 0 aliphatic heterocycles. The summed E-state index contributed by atoms with van der Waals surface area (Å²) in [5, 5.41) is 3.38. The van der Waals surface area contributed by atoms with Crippen molar-refractivity contribution in [3.05, 3.63) is 59.7 Å². The van der Waals surface area contributed by atoms with Crippen LogP contribution >= 0.6 is 15.8 Å². The minimum atomic E-state index is -0.336. The molecule has 4 aliphatic carbocycles. The van der Waals surface area contributed by atoms with E-state index >= 15 is 0 Å². The molecule has 1 nitrogen and oxygen atoms in total. The molecule has 0 spiro atoms. The molecule has 0 atom stereocenters. The molecule has 2 aromatic carbocycles. The van der Waals surface area contributed by atoms with Gasteiger partial charge in [-0.05, 0) is 84.6 Å². The predicted molar refractivity (Wildman–Crippen MR) is 177 cm³/mol. The van der Waals surface area contributed by atoms with Crippen molar-refractivity contribution in [1.29, 1.82) is 0 Å². The van der Waals surface area contributed by atoms with Crippen LogP contribution in [-0.4, -0.2) is 28.4 Å². The van der Waals surface area contributed by atoms with Crippen molar-refractivity contribution < 1.29 is 4.79 Å². The molecule has 0 bridgehead atoms. The van der Waals surface area contributed by atoms with E-state index in [1.54, 1.807) is 10.6 Å². The highest BCUT2D eigenvalue weighted by molar-refractivity contribution is 7.73. The van der Waals surface area contributed by atoms with Crippen LogP contribution in [0.15, 0.2) is 48.5 Å². The van der Waals surface area contributed by atoms with Gasteiger partial charge in [-0.25, -0.2) is 0 Å². The normalized spacial score (nSPS) is 22.6. The van der Waals surface area contributed by atoms with Crippen molar-refractivity contribution >= 4 is 32.2 Å². The number of carbonyl (C=O) groups is 1. The molecular weight excluding hydrogens is 522 g/mol. The Bertz CT molecular complexity index is 1040. The first-order chi connectivity index (χ1) is 19.8. The number of hydrogen-bond donors (Lipinski definition) is 0. The van der Waals surface area contributed by atoms with E-state index < -0.39 is 0 Å². The van der Waals surface area contributed by atoms with E-state index in [0.29, 0.717) is 5.78 Å². The third-order valence-corrected chi connectivity index (χ3v) is 18.0. The summed E-state index contributed by atoms with van der Waals surface area (Å²) >= 11 is 0. The third-order valence-electron chi connectivity index (χ3n) is 10.7. The van der Waals surface area contributed by atoms with Gasteiger partial charge in [-0.3, -0.25) is 4.79 Å². The zero-order valence-electron chi connectivity index (χ0n) is 24.9. The fraction of sp³-hybridized carbons (Fsp3) is 0.649. The summed E-state index contributed by atoms with van der Waals surface area (Å²) in [7, 11) is -0.569. The van der Waals surface area contributed by atoms with Crippen LogP contribution in [0.5, 0.6) is 0 Å². The van der Waals surface area contributed by atoms with Gasteiger partial charge in [-0.2, -0.15) is 0 Å². The van der Waals surface area contributed by atoms with Crippen LogP contribution in [0.25, 0.3) is 0 Å². The second-order valence-electron chi connectivity index (χ2n) is 13.4. The summed E-state index contributed by atoms with van der Waals surface area (Å²) in [6, 6.07) is 17.5. The van der Waals surface area contributed by atoms with Gasteiger partial charge in [0.15, 0.2) is 5.78 Å². The standard InChI is InChI=1S/C37H52OP2/c38-36(29-17-6-1-7-18-29)34-27-16-28-35(39(30-19-8-2-9-20-30)31-21-10-3-11-22-31)37(34)40(32-23-12-4-13-24-32)33-25-14-5-15-26-33/h1,6-7,16-18,27-28,30-33H,2-5,8-15,19-26H2. The Morgan fingerprint density at radius 1 is 0.475 bits per heavy atom. The first-order valence-electron chi connectivity index (χ1n) is 17.1. The average Bonchev–Trinajstić information content (AvgIpc) is 3.04. The van der Waals surface area contributed by atoms with Crippen LogP contribution < -0.4 is 10.6 Å². The molecule has 0 heterocycles. The summed E-state index contributed by atoms with van der Waals surface area (Å²) in [5.41, 5.74) is 5.41. The van der Waals surface area contributed by atoms with Gasteiger partial charge in [0, 0.05) is 11.1 Å². The number of rotatable bonds is 8. The molecule has 4 aliphatic rings. The molecule has 2 aromatic rings. The van der Waals surface area contributed by atoms with E-state index in [1.165, 1.54) is 128 Å². The van der Waals surface area contributed by atoms with Gasteiger partial charge in [0.25, 0.3) is 0 Å². The van der Waals surface area contributed by atoms with Crippen molar-refractivity contribution in [2.75, 3.05) is 0 Å². The maximum atomic E-state index is 14.5. The number of ketones is 1. The van der Waals surface area contributed by atoms with Gasteiger partial charge in [0.05, 0.1) is 0 Å². The van der Waals surface area contributed by atoms with Gasteiger partial charge in [-0.15, -0.1) is 0 Å². The SMILES string of the molecule is O=C(c1ccccc1)c1cccc(P(C2CCCCC2)C2CCCCC2)c1P(C1CCCCC1)C1CCCCC1. The Morgan fingerprint density at radius 2 is 0.900 bits per heavy atom. The first-order valence-corrected chi connectivity index (χ1v) is 20.1. The summed E-state index contributed by atoms with van der Waals surface area (Å²) < 4.78 is 0. The largest absolute Gasteiger partial charge is 0.289 e. The molecule has 216 valence electrons. The Balaban J connectivity index is 1.52. The summed E-state index contributed by atoms with van der Waals surface area (Å²) in [6.45, 7) is 0. The summed E-state index contributed by atoms with van der Waals surface area (Å²) in [6.07, 6.45) is 28.4. The Kier molecular flexibility index (Phi) is 10.5. The highest BCUT2D eigenvalue weighted by Gasteiger charge is 2.40. The molecule has 0 unspecified atom stereocenters. The highest BCUT2D eigenvalue weighted by Crippen LogP contribution is 2.60. The van der Waals surface area contributed by atoms with Gasteiger partial charge in [-0.1, -0.05) is 141 Å². The molecule has 0 radical (unpaired) electrons. The lowest BCUT2D eigenvalue weighted by atomic mass is 9.99. The summed E-state index contributed by atoms with van der Waals surface area (Å²) in [4.78, 5) is 14.5. The van der Waals surface area contributed by atoms with E-state index in [0.717, 1.165) is 33.8 Å². The molecule has 4 saturated carbocycles. The second kappa shape index (κ2) is 14.4. The van der Waals surface area contributed by atoms with E-state index in [1.807, 2.05) is 0 Å². The monoisotopic (exact) mass is 574 g/mol. The van der Waals surface area contributed by atoms with Gasteiger partial charge in [0.2, 0.25) is 0 Å². The minimum absolute atomic E-state index is 0.233. The Morgan fingerprint density at radius 3 is 1.35 bits per heavy atom. The van der Waals surface area contributed by atoms with E-state index in [2.05, 4.69) is 48.5 Å². The minimum Gasteiger partial charge on any atom is -0.289 e. The van der Waals surface area contributed by atoms with Gasteiger partial charge in [0.1, 0.15) is 0 Å². The number of hydrogen-bond acceptors (Lipinski definition) is 1. The molecule has 4 fully saturated rings. The van der Waals surface area contributed by atoms with Crippen molar-refractivity contribution in [3.8, 4) is 0 Å². The molecule has 6 rings (SSSR count). The molecular formula is C37H52OP2. The van der Waals surface area contributed by atoms with Gasteiger partial charge >= 0.3 is 0 Å². The third kappa shape index (κ3) is 6.63. The fourth-order valence-corrected chi connectivity index (χ4v) is 17.2. The highest BCUT2D eigenvalue weighted by atomic mass is 31.1. The quantitative estimate of drug-likeness (QED) is 0.226. The summed E-state index contributed by atoms with van der Waals surface area (Å²) in [5.74, 6) is 0.304. The maximum absolute atomic E-state index is 14.5. The lowest BCUT2D eigenvalue weighted by molar-refractivity contribution is 0.104. The van der Waals surface area contributed by atoms with Crippen LogP contribution in [0.2, 0.25) is 0 Å². The van der Waals surface area contributed by atoms with Crippen LogP contribution in [0.3, 0.4) is 0 Å². The Labute approximate surface area is 247 Å². The zero-order valence-corrected chi connectivity index (χ0v) is 26.7. The molecule has 0 N–H and O–H groups in total. The topological polar surface area (TPSA) is 17.1 Å². The van der Waals surface area contributed by atoms with Crippen molar-refractivity contribution in [2.45, 2.75) is 151 Å². The number of benzene rings is 2. The van der Waals surface area contributed by atoms with E-state index in [9.17, 15) is 4.79 Å². The van der Waals surface area contributed by atoms with Crippen LogP contribution in [0.1, 0.15) is 144 Å². The van der Waals surface area contributed by atoms with Crippen molar-refractivity contribution in [3.63, 3.8) is 0 Å². The van der Waals surface area contributed by atoms with Gasteiger partial charge < -0.3 is 0 Å².